The van der Waals surface area contributed by atoms with Crippen molar-refractivity contribution >= 4 is 22.9 Å². The van der Waals surface area contributed by atoms with Crippen molar-refractivity contribution in [1.82, 2.24) is 18.3 Å². The van der Waals surface area contributed by atoms with Crippen LogP contribution < -0.4 is 11.2 Å². The molecule has 0 bridgehead atoms. The number of hydrogen-bond acceptors (Lipinski definition) is 9. The van der Waals surface area contributed by atoms with Gasteiger partial charge in [-0.15, -0.1) is 0 Å². The number of hydrogen-bond donors (Lipinski definition) is 1. The van der Waals surface area contributed by atoms with Gasteiger partial charge < -0.3 is 18.9 Å². The second kappa shape index (κ2) is 5.43. The van der Waals surface area contributed by atoms with Gasteiger partial charge in [-0.25, -0.2) is 9.36 Å². The molecule has 10 nitrogen and oxygen atoms in total. The standard InChI is InChI=1S/C13H16N4O6S/c1-13(2)22-7-5(4-20-3)21-11(8(7)23-13)17-9-6(15-24-16-9)10(18)14-12(17)19/h5,7-8,11H,4H2,1-3H3,(H,14,18,19)/t5-,7?,8?,11-/m1/s1. The van der Waals surface area contributed by atoms with Gasteiger partial charge in [-0.05, 0) is 13.8 Å². The second-order valence-electron chi connectivity index (χ2n) is 6.15. The zero-order valence-corrected chi connectivity index (χ0v) is 14.0. The SMILES string of the molecule is COC[C@H]1O[C@@H](n2c(=O)[nH]c(=O)c3nsnc32)C2OC(C)(C)OC21. The molecule has 2 unspecified atom stereocenters. The molecule has 0 spiro atoms. The topological polar surface area (TPSA) is 118 Å². The summed E-state index contributed by atoms with van der Waals surface area (Å²) in [4.78, 5) is 26.5. The van der Waals surface area contributed by atoms with E-state index in [9.17, 15) is 9.59 Å². The summed E-state index contributed by atoms with van der Waals surface area (Å²) >= 11 is 0.853. The van der Waals surface area contributed by atoms with Crippen LogP contribution in [0.15, 0.2) is 9.59 Å². The summed E-state index contributed by atoms with van der Waals surface area (Å²) in [6.45, 7) is 3.87. The van der Waals surface area contributed by atoms with Gasteiger partial charge in [-0.3, -0.25) is 9.78 Å². The van der Waals surface area contributed by atoms with E-state index < -0.39 is 41.6 Å². The summed E-state index contributed by atoms with van der Waals surface area (Å²) < 4.78 is 32.2. The van der Waals surface area contributed by atoms with Crippen molar-refractivity contribution in [1.29, 1.82) is 0 Å². The number of nitrogens with one attached hydrogen (secondary N) is 1. The third-order valence-corrected chi connectivity index (χ3v) is 4.58. The van der Waals surface area contributed by atoms with Crippen molar-refractivity contribution in [2.45, 2.75) is 44.2 Å². The van der Waals surface area contributed by atoms with Crippen LogP contribution in [0.1, 0.15) is 20.1 Å². The number of aromatic nitrogens is 4. The molecule has 24 heavy (non-hydrogen) atoms. The van der Waals surface area contributed by atoms with Gasteiger partial charge in [0.05, 0.1) is 18.3 Å². The number of rotatable bonds is 3. The quantitative estimate of drug-likeness (QED) is 0.790. The van der Waals surface area contributed by atoms with E-state index in [2.05, 4.69) is 13.7 Å². The Bertz CT molecular complexity index is 888. The number of ether oxygens (including phenoxy) is 4. The van der Waals surface area contributed by atoms with Crippen LogP contribution in [-0.4, -0.2) is 56.1 Å². The lowest BCUT2D eigenvalue weighted by Crippen LogP contribution is -2.38. The number of H-pyrrole nitrogens is 1. The summed E-state index contributed by atoms with van der Waals surface area (Å²) in [5, 5.41) is 0. The first kappa shape index (κ1) is 15.8. The van der Waals surface area contributed by atoms with E-state index in [-0.39, 0.29) is 17.8 Å². The molecule has 4 atom stereocenters. The fourth-order valence-electron chi connectivity index (χ4n) is 3.20. The van der Waals surface area contributed by atoms with E-state index in [1.807, 2.05) is 0 Å². The fourth-order valence-corrected chi connectivity index (χ4v) is 3.74. The minimum absolute atomic E-state index is 0.0908. The zero-order valence-electron chi connectivity index (χ0n) is 13.2. The van der Waals surface area contributed by atoms with E-state index in [4.69, 9.17) is 18.9 Å². The highest BCUT2D eigenvalue weighted by atomic mass is 32.1. The van der Waals surface area contributed by atoms with Crippen LogP contribution >= 0.6 is 11.7 Å². The summed E-state index contributed by atoms with van der Waals surface area (Å²) in [5.74, 6) is -0.811. The minimum atomic E-state index is -0.811. The van der Waals surface area contributed by atoms with Crippen molar-refractivity contribution in [3.63, 3.8) is 0 Å². The average Bonchev–Trinajstić information content (AvgIpc) is 3.15. The van der Waals surface area contributed by atoms with E-state index in [0.29, 0.717) is 0 Å². The number of nitrogens with zero attached hydrogens (tertiary/aromatic N) is 3. The van der Waals surface area contributed by atoms with Crippen molar-refractivity contribution in [2.24, 2.45) is 0 Å². The lowest BCUT2D eigenvalue weighted by molar-refractivity contribution is -0.201. The van der Waals surface area contributed by atoms with E-state index in [1.165, 1.54) is 4.57 Å². The highest BCUT2D eigenvalue weighted by molar-refractivity contribution is 7.00. The largest absolute Gasteiger partial charge is 0.382 e. The number of methoxy groups -OCH3 is 1. The number of aromatic amines is 1. The lowest BCUT2D eigenvalue weighted by atomic mass is 10.1. The highest BCUT2D eigenvalue weighted by Gasteiger charge is 2.56. The van der Waals surface area contributed by atoms with Crippen LogP contribution in [0.3, 0.4) is 0 Å². The smallest absolute Gasteiger partial charge is 0.332 e. The maximum absolute atomic E-state index is 12.4. The van der Waals surface area contributed by atoms with Gasteiger partial charge in [-0.2, -0.15) is 8.75 Å². The molecule has 11 heteroatoms. The minimum Gasteiger partial charge on any atom is -0.382 e. The van der Waals surface area contributed by atoms with Gasteiger partial charge in [0.2, 0.25) is 0 Å². The number of fused-ring (bicyclic) bond motifs is 2. The molecule has 0 radical (unpaired) electrons. The summed E-state index contributed by atoms with van der Waals surface area (Å²) in [6, 6.07) is 0. The molecule has 4 rings (SSSR count). The molecular formula is C13H16N4O6S. The maximum atomic E-state index is 12.4. The Balaban J connectivity index is 1.83. The van der Waals surface area contributed by atoms with Crippen molar-refractivity contribution in [3.05, 3.63) is 20.8 Å². The van der Waals surface area contributed by atoms with E-state index in [1.54, 1.807) is 21.0 Å². The molecular weight excluding hydrogens is 340 g/mol. The van der Waals surface area contributed by atoms with Gasteiger partial charge in [0.25, 0.3) is 5.56 Å². The molecule has 2 aliphatic rings. The Labute approximate surface area is 139 Å². The van der Waals surface area contributed by atoms with E-state index in [0.717, 1.165) is 11.7 Å². The average molecular weight is 356 g/mol. The van der Waals surface area contributed by atoms with Crippen LogP contribution in [0.25, 0.3) is 11.2 Å². The Hall–Kier alpha value is -1.66. The predicted octanol–water partition coefficient (Wildman–Crippen LogP) is -0.395. The fraction of sp³-hybridized carbons (Fsp3) is 0.692. The van der Waals surface area contributed by atoms with Gasteiger partial charge in [0.1, 0.15) is 18.3 Å². The molecule has 2 aromatic rings. The van der Waals surface area contributed by atoms with Crippen LogP contribution in [0.2, 0.25) is 0 Å². The second-order valence-corrected chi connectivity index (χ2v) is 6.68. The van der Waals surface area contributed by atoms with Crippen molar-refractivity contribution in [2.75, 3.05) is 13.7 Å². The van der Waals surface area contributed by atoms with Crippen molar-refractivity contribution in [3.8, 4) is 0 Å². The Kier molecular flexibility index (Phi) is 3.58. The van der Waals surface area contributed by atoms with Gasteiger partial charge in [-0.1, -0.05) is 0 Å². The first-order chi connectivity index (χ1) is 11.4. The monoisotopic (exact) mass is 356 g/mol. The van der Waals surface area contributed by atoms with Crippen LogP contribution in [-0.2, 0) is 18.9 Å². The molecule has 2 aliphatic heterocycles. The normalized spacial score (nSPS) is 31.6. The molecule has 1 N–H and O–H groups in total. The Morgan fingerprint density at radius 1 is 1.29 bits per heavy atom. The molecule has 0 amide bonds. The predicted molar refractivity (Wildman–Crippen MR) is 81.9 cm³/mol. The van der Waals surface area contributed by atoms with Crippen LogP contribution in [0, 0.1) is 0 Å². The molecule has 130 valence electrons. The molecule has 4 heterocycles. The zero-order chi connectivity index (χ0) is 17.1. The maximum Gasteiger partial charge on any atom is 0.332 e. The van der Waals surface area contributed by atoms with Crippen molar-refractivity contribution < 1.29 is 18.9 Å². The Morgan fingerprint density at radius 3 is 2.79 bits per heavy atom. The third-order valence-electron chi connectivity index (χ3n) is 4.06. The molecule has 2 aromatic heterocycles. The first-order valence-electron chi connectivity index (χ1n) is 7.38. The highest BCUT2D eigenvalue weighted by Crippen LogP contribution is 2.43. The van der Waals surface area contributed by atoms with Gasteiger partial charge in [0, 0.05) is 7.11 Å². The summed E-state index contributed by atoms with van der Waals surface area (Å²) in [5.41, 5.74) is -0.945. The third kappa shape index (κ3) is 2.31. The lowest BCUT2D eigenvalue weighted by Gasteiger charge is -2.24. The van der Waals surface area contributed by atoms with Gasteiger partial charge >= 0.3 is 5.69 Å². The van der Waals surface area contributed by atoms with Crippen LogP contribution in [0.5, 0.6) is 0 Å². The molecule has 0 aliphatic carbocycles. The first-order valence-corrected chi connectivity index (χ1v) is 8.11. The molecule has 2 fully saturated rings. The molecule has 0 aromatic carbocycles. The van der Waals surface area contributed by atoms with Crippen LogP contribution in [0.4, 0.5) is 0 Å². The summed E-state index contributed by atoms with van der Waals surface area (Å²) in [6.07, 6.45) is -2.14. The summed E-state index contributed by atoms with van der Waals surface area (Å²) in [7, 11) is 1.56. The molecule has 2 saturated heterocycles. The Morgan fingerprint density at radius 2 is 2.04 bits per heavy atom. The molecule has 0 saturated carbocycles. The van der Waals surface area contributed by atoms with Gasteiger partial charge in [0.15, 0.2) is 23.2 Å². The van der Waals surface area contributed by atoms with E-state index >= 15 is 0 Å².